The molecule has 3 heteroatoms. The van der Waals surface area contributed by atoms with Gasteiger partial charge < -0.3 is 9.80 Å². The fraction of sp³-hybridized carbons (Fsp3) is 0. The molecule has 1 aromatic heterocycles. The lowest BCUT2D eigenvalue weighted by Crippen LogP contribution is -2.12. The summed E-state index contributed by atoms with van der Waals surface area (Å²) in [6.07, 6.45) is 0. The second kappa shape index (κ2) is 16.5. The monoisotopic (exact) mass is 846 g/mol. The van der Waals surface area contributed by atoms with Gasteiger partial charge in [0.2, 0.25) is 0 Å². The molecule has 12 aromatic rings. The number of fused-ring (bicyclic) bond motifs is 7. The van der Waals surface area contributed by atoms with Gasteiger partial charge in [-0.1, -0.05) is 206 Å². The van der Waals surface area contributed by atoms with E-state index >= 15 is 0 Å². The van der Waals surface area contributed by atoms with Crippen LogP contribution in [0.3, 0.4) is 0 Å². The highest BCUT2D eigenvalue weighted by molar-refractivity contribution is 7.27. The number of thiophene rings is 1. The van der Waals surface area contributed by atoms with Crippen LogP contribution in [0.5, 0.6) is 0 Å². The van der Waals surface area contributed by atoms with E-state index in [1.54, 1.807) is 0 Å². The Morgan fingerprint density at radius 2 is 0.600 bits per heavy atom. The molecule has 0 radical (unpaired) electrons. The van der Waals surface area contributed by atoms with Crippen LogP contribution in [0.2, 0.25) is 0 Å². The van der Waals surface area contributed by atoms with Crippen LogP contribution in [-0.4, -0.2) is 0 Å². The van der Waals surface area contributed by atoms with Gasteiger partial charge in [-0.15, -0.1) is 11.3 Å². The van der Waals surface area contributed by atoms with Gasteiger partial charge in [0.1, 0.15) is 0 Å². The average Bonchev–Trinajstić information content (AvgIpc) is 3.77. The molecule has 0 aliphatic rings. The van der Waals surface area contributed by atoms with Crippen molar-refractivity contribution in [2.24, 2.45) is 0 Å². The lowest BCUT2D eigenvalue weighted by molar-refractivity contribution is 1.30. The molecular weight excluding hydrogens is 805 g/mol. The van der Waals surface area contributed by atoms with Gasteiger partial charge in [0.25, 0.3) is 0 Å². The average molecular weight is 847 g/mol. The van der Waals surface area contributed by atoms with Gasteiger partial charge in [-0.2, -0.15) is 0 Å². The number of benzene rings is 11. The van der Waals surface area contributed by atoms with E-state index in [9.17, 15) is 0 Å². The zero-order valence-corrected chi connectivity index (χ0v) is 36.4. The molecule has 0 saturated heterocycles. The second-order valence-corrected chi connectivity index (χ2v) is 17.4. The molecule has 11 aromatic carbocycles. The van der Waals surface area contributed by atoms with Crippen molar-refractivity contribution in [1.29, 1.82) is 0 Å². The molecule has 0 aliphatic carbocycles. The van der Waals surface area contributed by atoms with Gasteiger partial charge in [0.05, 0.1) is 22.7 Å². The SMILES string of the molecule is c1ccc(-c2cccc(N(c3ccccc3-c3ccccc3)c3cc4c5cc(N(c6ccccc6)c6ccccc6-c6ccccc6)c6ccccc6c5sc4c4ccccc34)c2)cc1. The molecule has 0 fully saturated rings. The minimum absolute atomic E-state index is 1.10. The Morgan fingerprint density at radius 3 is 1.11 bits per heavy atom. The van der Waals surface area contributed by atoms with E-state index in [4.69, 9.17) is 0 Å². The zero-order valence-electron chi connectivity index (χ0n) is 35.6. The molecule has 0 atom stereocenters. The molecule has 0 spiro atoms. The van der Waals surface area contributed by atoms with Crippen molar-refractivity contribution in [2.45, 2.75) is 0 Å². The lowest BCUT2D eigenvalue weighted by atomic mass is 9.97. The number of para-hydroxylation sites is 3. The van der Waals surface area contributed by atoms with Crippen molar-refractivity contribution >= 4 is 87.2 Å². The number of hydrogen-bond donors (Lipinski definition) is 0. The predicted octanol–water partition coefficient (Wildman–Crippen LogP) is 18.3. The predicted molar refractivity (Wildman–Crippen MR) is 280 cm³/mol. The van der Waals surface area contributed by atoms with Crippen LogP contribution < -0.4 is 9.80 Å². The van der Waals surface area contributed by atoms with E-state index in [-0.39, 0.29) is 0 Å². The Labute approximate surface area is 383 Å². The number of anilines is 6. The van der Waals surface area contributed by atoms with Crippen LogP contribution >= 0.6 is 11.3 Å². The molecule has 1 heterocycles. The van der Waals surface area contributed by atoms with E-state index in [0.717, 1.165) is 34.1 Å². The summed E-state index contributed by atoms with van der Waals surface area (Å²) >= 11 is 1.91. The first-order valence-corrected chi connectivity index (χ1v) is 23.0. The Hall–Kier alpha value is -8.24. The van der Waals surface area contributed by atoms with Crippen LogP contribution in [0.1, 0.15) is 0 Å². The summed E-state index contributed by atoms with van der Waals surface area (Å²) in [5.74, 6) is 0. The normalized spacial score (nSPS) is 11.4. The van der Waals surface area contributed by atoms with Crippen LogP contribution in [0.4, 0.5) is 34.1 Å². The van der Waals surface area contributed by atoms with Crippen LogP contribution in [0.15, 0.2) is 255 Å². The van der Waals surface area contributed by atoms with E-state index < -0.39 is 0 Å². The maximum absolute atomic E-state index is 2.49. The number of rotatable bonds is 9. The third-order valence-electron chi connectivity index (χ3n) is 12.6. The second-order valence-electron chi connectivity index (χ2n) is 16.4. The molecule has 0 amide bonds. The Kier molecular flexibility index (Phi) is 9.74. The summed E-state index contributed by atoms with van der Waals surface area (Å²) < 4.78 is 2.57. The fourth-order valence-corrected chi connectivity index (χ4v) is 11.0. The summed E-state index contributed by atoms with van der Waals surface area (Å²) in [6, 6.07) is 92.6. The molecular formula is C62H42N2S. The zero-order chi connectivity index (χ0) is 43.1. The van der Waals surface area contributed by atoms with Crippen LogP contribution in [0.25, 0.3) is 75.1 Å². The minimum Gasteiger partial charge on any atom is -0.309 e. The van der Waals surface area contributed by atoms with Gasteiger partial charge in [0, 0.05) is 64.2 Å². The molecule has 0 aliphatic heterocycles. The van der Waals surface area contributed by atoms with E-state index in [1.807, 2.05) is 11.3 Å². The van der Waals surface area contributed by atoms with Crippen molar-refractivity contribution in [3.63, 3.8) is 0 Å². The smallest absolute Gasteiger partial charge is 0.0547 e. The Balaban J connectivity index is 1.17. The molecule has 306 valence electrons. The van der Waals surface area contributed by atoms with E-state index in [2.05, 4.69) is 265 Å². The summed E-state index contributed by atoms with van der Waals surface area (Å²) in [5, 5.41) is 7.36. The Bertz CT molecular complexity index is 3660. The van der Waals surface area contributed by atoms with Crippen molar-refractivity contribution in [3.05, 3.63) is 255 Å². The highest BCUT2D eigenvalue weighted by Gasteiger charge is 2.25. The largest absolute Gasteiger partial charge is 0.309 e. The summed E-state index contributed by atoms with van der Waals surface area (Å²) in [5.41, 5.74) is 13.8. The number of nitrogens with zero attached hydrogens (tertiary/aromatic N) is 2. The molecule has 65 heavy (non-hydrogen) atoms. The maximum atomic E-state index is 2.49. The summed E-state index contributed by atoms with van der Waals surface area (Å²) in [4.78, 5) is 4.96. The highest BCUT2D eigenvalue weighted by Crippen LogP contribution is 2.52. The van der Waals surface area contributed by atoms with Gasteiger partial charge in [0.15, 0.2) is 0 Å². The summed E-state index contributed by atoms with van der Waals surface area (Å²) in [6.45, 7) is 0. The first-order chi connectivity index (χ1) is 32.3. The van der Waals surface area contributed by atoms with Gasteiger partial charge in [-0.3, -0.25) is 0 Å². The molecule has 12 rings (SSSR count). The third-order valence-corrected chi connectivity index (χ3v) is 13.9. The van der Waals surface area contributed by atoms with Crippen LogP contribution in [0, 0.1) is 0 Å². The lowest BCUT2D eigenvalue weighted by Gasteiger charge is -2.30. The third kappa shape index (κ3) is 6.82. The topological polar surface area (TPSA) is 6.48 Å². The van der Waals surface area contributed by atoms with Gasteiger partial charge >= 0.3 is 0 Å². The van der Waals surface area contributed by atoms with Crippen LogP contribution in [-0.2, 0) is 0 Å². The molecule has 0 bridgehead atoms. The van der Waals surface area contributed by atoms with E-state index in [1.165, 1.54) is 75.1 Å². The highest BCUT2D eigenvalue weighted by atomic mass is 32.1. The standard InChI is InChI=1S/C62H42N2S/c1-5-22-43(23-6-1)46-28-21-31-48(40-46)64(58-39-20-18-33-50(58)45-26-9-3-10-27-45)60-42-56-55-41-59(51-34-13-15-36-53(51)61(55)65-62(56)54-37-16-14-35-52(54)60)63(47-29-11-4-12-30-47)57-38-19-17-32-49(57)44-24-7-2-8-25-44/h1-42H. The first kappa shape index (κ1) is 38.4. The van der Waals surface area contributed by atoms with Gasteiger partial charge in [-0.25, -0.2) is 0 Å². The molecule has 0 unspecified atom stereocenters. The molecule has 2 nitrogen and oxygen atoms in total. The quantitative estimate of drug-likeness (QED) is 0.143. The van der Waals surface area contributed by atoms with Crippen molar-refractivity contribution < 1.29 is 0 Å². The Morgan fingerprint density at radius 1 is 0.231 bits per heavy atom. The van der Waals surface area contributed by atoms with Crippen molar-refractivity contribution in [1.82, 2.24) is 0 Å². The number of hydrogen-bond acceptors (Lipinski definition) is 3. The first-order valence-electron chi connectivity index (χ1n) is 22.2. The van der Waals surface area contributed by atoms with Crippen molar-refractivity contribution in [3.8, 4) is 33.4 Å². The maximum Gasteiger partial charge on any atom is 0.0547 e. The van der Waals surface area contributed by atoms with E-state index in [0.29, 0.717) is 0 Å². The molecule has 0 N–H and O–H groups in total. The minimum atomic E-state index is 1.10. The van der Waals surface area contributed by atoms with Crippen molar-refractivity contribution in [2.75, 3.05) is 9.80 Å². The molecule has 0 saturated carbocycles. The van der Waals surface area contributed by atoms with Gasteiger partial charge in [-0.05, 0) is 70.8 Å². The fourth-order valence-electron chi connectivity index (χ4n) is 9.66. The summed E-state index contributed by atoms with van der Waals surface area (Å²) in [7, 11) is 0.